The molecule has 0 aromatic carbocycles. The molecule has 1 atom stereocenters. The highest BCUT2D eigenvalue weighted by atomic mass is 79.9. The Bertz CT molecular complexity index is 443. The molecule has 1 aromatic heterocycles. The SMILES string of the molecule is CC(CO)NS(=O)(=O)c1cc(Br)sc1Br. The number of nitrogens with one attached hydrogen (secondary N) is 1. The molecule has 15 heavy (non-hydrogen) atoms. The first-order valence-corrected chi connectivity index (χ1v) is 7.83. The molecule has 0 amide bonds. The van der Waals surface area contributed by atoms with Gasteiger partial charge in [-0.25, -0.2) is 13.1 Å². The van der Waals surface area contributed by atoms with Crippen molar-refractivity contribution < 1.29 is 13.5 Å². The highest BCUT2D eigenvalue weighted by Crippen LogP contribution is 2.34. The number of hydrogen-bond donors (Lipinski definition) is 2. The van der Waals surface area contributed by atoms with E-state index in [0.717, 1.165) is 3.79 Å². The van der Waals surface area contributed by atoms with Crippen LogP contribution in [-0.4, -0.2) is 26.2 Å². The van der Waals surface area contributed by atoms with E-state index < -0.39 is 16.1 Å². The van der Waals surface area contributed by atoms with Crippen LogP contribution in [0.2, 0.25) is 0 Å². The first kappa shape index (κ1) is 13.6. The fraction of sp³-hybridized carbons (Fsp3) is 0.429. The molecular formula is C7H9Br2NO3S2. The summed E-state index contributed by atoms with van der Waals surface area (Å²) in [7, 11) is -3.56. The molecule has 0 aliphatic rings. The molecule has 0 fully saturated rings. The third-order valence-electron chi connectivity index (χ3n) is 1.55. The quantitative estimate of drug-likeness (QED) is 0.841. The maximum Gasteiger partial charge on any atom is 0.242 e. The van der Waals surface area contributed by atoms with Crippen molar-refractivity contribution in [3.8, 4) is 0 Å². The predicted octanol–water partition coefficient (Wildman–Crippen LogP) is 1.93. The maximum absolute atomic E-state index is 11.8. The Labute approximate surface area is 109 Å². The summed E-state index contributed by atoms with van der Waals surface area (Å²) in [5, 5.41) is 8.77. The van der Waals surface area contributed by atoms with Gasteiger partial charge in [-0.3, -0.25) is 0 Å². The summed E-state index contributed by atoms with van der Waals surface area (Å²) in [4.78, 5) is 0.180. The second-order valence-corrected chi connectivity index (χ2v) is 8.33. The molecule has 2 N–H and O–H groups in total. The number of rotatable bonds is 4. The van der Waals surface area contributed by atoms with Crippen LogP contribution in [0.25, 0.3) is 0 Å². The summed E-state index contributed by atoms with van der Waals surface area (Å²) < 4.78 is 27.2. The van der Waals surface area contributed by atoms with E-state index in [1.807, 2.05) is 0 Å². The van der Waals surface area contributed by atoms with E-state index >= 15 is 0 Å². The number of halogens is 2. The van der Waals surface area contributed by atoms with Gasteiger partial charge in [-0.05, 0) is 44.8 Å². The smallest absolute Gasteiger partial charge is 0.242 e. The van der Waals surface area contributed by atoms with Crippen LogP contribution in [0, 0.1) is 0 Å². The van der Waals surface area contributed by atoms with E-state index in [2.05, 4.69) is 36.6 Å². The van der Waals surface area contributed by atoms with Gasteiger partial charge >= 0.3 is 0 Å². The van der Waals surface area contributed by atoms with Crippen molar-refractivity contribution in [1.29, 1.82) is 0 Å². The fourth-order valence-corrected chi connectivity index (χ4v) is 5.92. The molecule has 0 aliphatic carbocycles. The van der Waals surface area contributed by atoms with Crippen molar-refractivity contribution in [3.05, 3.63) is 13.6 Å². The summed E-state index contributed by atoms with van der Waals surface area (Å²) in [6.07, 6.45) is 0. The molecule has 0 saturated heterocycles. The minimum absolute atomic E-state index is 0.180. The van der Waals surface area contributed by atoms with Gasteiger partial charge in [0, 0.05) is 6.04 Å². The topological polar surface area (TPSA) is 66.4 Å². The Morgan fingerprint density at radius 1 is 1.60 bits per heavy atom. The van der Waals surface area contributed by atoms with Gasteiger partial charge in [0.25, 0.3) is 0 Å². The third-order valence-corrected chi connectivity index (χ3v) is 5.89. The molecule has 86 valence electrons. The van der Waals surface area contributed by atoms with Crippen molar-refractivity contribution in [3.63, 3.8) is 0 Å². The summed E-state index contributed by atoms with van der Waals surface area (Å²) in [6.45, 7) is 1.36. The van der Waals surface area contributed by atoms with Crippen LogP contribution in [0.3, 0.4) is 0 Å². The van der Waals surface area contributed by atoms with Gasteiger partial charge in [0.1, 0.15) is 4.90 Å². The lowest BCUT2D eigenvalue weighted by Crippen LogP contribution is -2.34. The maximum atomic E-state index is 11.8. The standard InChI is InChI=1S/C7H9Br2NO3S2/c1-4(3-11)10-15(12,13)5-2-6(8)14-7(5)9/h2,4,10-11H,3H2,1H3. The lowest BCUT2D eigenvalue weighted by atomic mass is 10.4. The van der Waals surface area contributed by atoms with Gasteiger partial charge in [0.2, 0.25) is 10.0 Å². The zero-order chi connectivity index (χ0) is 11.6. The van der Waals surface area contributed by atoms with Crippen LogP contribution < -0.4 is 4.72 Å². The van der Waals surface area contributed by atoms with Crippen LogP contribution in [-0.2, 0) is 10.0 Å². The van der Waals surface area contributed by atoms with Gasteiger partial charge < -0.3 is 5.11 Å². The van der Waals surface area contributed by atoms with Crippen molar-refractivity contribution in [1.82, 2.24) is 4.72 Å². The Morgan fingerprint density at radius 3 is 2.60 bits per heavy atom. The second kappa shape index (κ2) is 5.24. The number of sulfonamides is 1. The highest BCUT2D eigenvalue weighted by molar-refractivity contribution is 9.12. The minimum Gasteiger partial charge on any atom is -0.395 e. The Hall–Kier alpha value is 0.530. The average Bonchev–Trinajstić information content (AvgIpc) is 2.45. The minimum atomic E-state index is -3.56. The molecule has 0 aliphatic heterocycles. The van der Waals surface area contributed by atoms with Crippen LogP contribution >= 0.6 is 43.2 Å². The van der Waals surface area contributed by atoms with Crippen LogP contribution in [0.1, 0.15) is 6.92 Å². The first-order chi connectivity index (χ1) is 6.86. The molecule has 1 unspecified atom stereocenters. The molecule has 0 saturated carbocycles. The van der Waals surface area contributed by atoms with Crippen LogP contribution in [0.15, 0.2) is 18.5 Å². The second-order valence-electron chi connectivity index (χ2n) is 2.89. The molecule has 0 radical (unpaired) electrons. The van der Waals surface area contributed by atoms with Crippen LogP contribution in [0.5, 0.6) is 0 Å². The van der Waals surface area contributed by atoms with E-state index in [4.69, 9.17) is 5.11 Å². The van der Waals surface area contributed by atoms with Crippen molar-refractivity contribution in [2.75, 3.05) is 6.61 Å². The Kier molecular flexibility index (Phi) is 4.75. The van der Waals surface area contributed by atoms with E-state index in [0.29, 0.717) is 3.79 Å². The summed E-state index contributed by atoms with van der Waals surface area (Å²) >= 11 is 7.66. The number of aliphatic hydroxyl groups excluding tert-OH is 1. The van der Waals surface area contributed by atoms with Gasteiger partial charge in [-0.1, -0.05) is 0 Å². The summed E-state index contributed by atoms with van der Waals surface area (Å²) in [5.74, 6) is 0. The molecule has 0 bridgehead atoms. The summed E-state index contributed by atoms with van der Waals surface area (Å²) in [6, 6.07) is 1.02. The van der Waals surface area contributed by atoms with E-state index in [1.54, 1.807) is 6.92 Å². The van der Waals surface area contributed by atoms with Gasteiger partial charge in [0.15, 0.2) is 0 Å². The molecular weight excluding hydrogens is 370 g/mol. The lowest BCUT2D eigenvalue weighted by Gasteiger charge is -2.10. The monoisotopic (exact) mass is 377 g/mol. The molecule has 1 aromatic rings. The number of thiophene rings is 1. The van der Waals surface area contributed by atoms with Crippen LogP contribution in [0.4, 0.5) is 0 Å². The first-order valence-electron chi connectivity index (χ1n) is 3.95. The molecule has 4 nitrogen and oxygen atoms in total. The highest BCUT2D eigenvalue weighted by Gasteiger charge is 2.22. The Balaban J connectivity index is 3.01. The van der Waals surface area contributed by atoms with Gasteiger partial charge in [-0.15, -0.1) is 11.3 Å². The van der Waals surface area contributed by atoms with Crippen molar-refractivity contribution in [2.24, 2.45) is 0 Å². The molecule has 1 rings (SSSR count). The molecule has 8 heteroatoms. The molecule has 1 heterocycles. The van der Waals surface area contributed by atoms with Crippen molar-refractivity contribution in [2.45, 2.75) is 17.9 Å². The zero-order valence-electron chi connectivity index (χ0n) is 7.70. The fourth-order valence-electron chi connectivity index (χ4n) is 0.874. The molecule has 0 spiro atoms. The third kappa shape index (κ3) is 3.50. The predicted molar refractivity (Wildman–Crippen MR) is 66.6 cm³/mol. The lowest BCUT2D eigenvalue weighted by molar-refractivity contribution is 0.265. The number of hydrogen-bond acceptors (Lipinski definition) is 4. The Morgan fingerprint density at radius 2 is 2.20 bits per heavy atom. The normalized spacial score (nSPS) is 14.1. The number of aliphatic hydroxyl groups is 1. The summed E-state index contributed by atoms with van der Waals surface area (Å²) in [5.41, 5.74) is 0. The largest absolute Gasteiger partial charge is 0.395 e. The van der Waals surface area contributed by atoms with Crippen molar-refractivity contribution >= 4 is 53.2 Å². The van der Waals surface area contributed by atoms with E-state index in [9.17, 15) is 8.42 Å². The zero-order valence-corrected chi connectivity index (χ0v) is 12.5. The van der Waals surface area contributed by atoms with E-state index in [1.165, 1.54) is 17.4 Å². The van der Waals surface area contributed by atoms with Gasteiger partial charge in [0.05, 0.1) is 14.2 Å². The average molecular weight is 379 g/mol. The van der Waals surface area contributed by atoms with E-state index in [-0.39, 0.29) is 11.5 Å². The van der Waals surface area contributed by atoms with Gasteiger partial charge in [-0.2, -0.15) is 0 Å².